The number of aliphatic hydroxyl groups excluding tert-OH is 1. The van der Waals surface area contributed by atoms with Crippen LogP contribution < -0.4 is 5.32 Å². The normalized spacial score (nSPS) is 15.6. The summed E-state index contributed by atoms with van der Waals surface area (Å²) >= 11 is 0. The first-order valence-corrected chi connectivity index (χ1v) is 7.07. The summed E-state index contributed by atoms with van der Waals surface area (Å²) in [7, 11) is 0. The van der Waals surface area contributed by atoms with Crippen molar-refractivity contribution in [3.63, 3.8) is 0 Å². The molecule has 1 aromatic carbocycles. The largest absolute Gasteiger partial charge is 0.396 e. The van der Waals surface area contributed by atoms with Gasteiger partial charge in [0.05, 0.1) is 0 Å². The van der Waals surface area contributed by atoms with Gasteiger partial charge in [-0.1, -0.05) is 6.58 Å². The summed E-state index contributed by atoms with van der Waals surface area (Å²) in [6, 6.07) is 6.82. The van der Waals surface area contributed by atoms with E-state index in [2.05, 4.69) is 11.9 Å². The van der Waals surface area contributed by atoms with Gasteiger partial charge in [0.15, 0.2) is 0 Å². The van der Waals surface area contributed by atoms with Crippen molar-refractivity contribution in [2.45, 2.75) is 12.8 Å². The van der Waals surface area contributed by atoms with Gasteiger partial charge in [-0.2, -0.15) is 0 Å². The van der Waals surface area contributed by atoms with Gasteiger partial charge in [0.25, 0.3) is 5.91 Å². The maximum atomic E-state index is 12.3. The highest BCUT2D eigenvalue weighted by Crippen LogP contribution is 2.19. The van der Waals surface area contributed by atoms with Crippen molar-refractivity contribution in [2.75, 3.05) is 25.0 Å². The molecular formula is C16H20N2O3. The molecule has 1 heterocycles. The number of hydrogen-bond acceptors (Lipinski definition) is 3. The first-order valence-electron chi connectivity index (χ1n) is 7.07. The number of amides is 2. The Kier molecular flexibility index (Phi) is 5.11. The Balaban J connectivity index is 1.97. The SMILES string of the molecule is C=CC(=O)Nc1ccc(C(=O)N2CCC(CO)CC2)cc1. The molecule has 2 rings (SSSR count). The zero-order valence-electron chi connectivity index (χ0n) is 11.9. The number of benzene rings is 1. The Morgan fingerprint density at radius 2 is 1.90 bits per heavy atom. The molecule has 0 bridgehead atoms. The van der Waals surface area contributed by atoms with E-state index in [0.717, 1.165) is 12.8 Å². The summed E-state index contributed by atoms with van der Waals surface area (Å²) in [5, 5.41) is 11.8. The molecule has 0 unspecified atom stereocenters. The third kappa shape index (κ3) is 3.92. The average Bonchev–Trinajstić information content (AvgIpc) is 2.55. The summed E-state index contributed by atoms with van der Waals surface area (Å²) in [6.45, 7) is 4.94. The van der Waals surface area contributed by atoms with Gasteiger partial charge in [0.2, 0.25) is 5.91 Å². The molecule has 2 N–H and O–H groups in total. The molecule has 1 aliphatic heterocycles. The lowest BCUT2D eigenvalue weighted by atomic mass is 9.97. The minimum absolute atomic E-state index is 0.00649. The zero-order valence-corrected chi connectivity index (χ0v) is 11.9. The van der Waals surface area contributed by atoms with E-state index in [-0.39, 0.29) is 18.4 Å². The van der Waals surface area contributed by atoms with Crippen LogP contribution in [0.2, 0.25) is 0 Å². The lowest BCUT2D eigenvalue weighted by Gasteiger charge is -2.31. The number of rotatable bonds is 4. The minimum atomic E-state index is -0.278. The topological polar surface area (TPSA) is 69.6 Å². The second-order valence-corrected chi connectivity index (χ2v) is 5.19. The maximum Gasteiger partial charge on any atom is 0.253 e. The summed E-state index contributed by atoms with van der Waals surface area (Å²) in [6.07, 6.45) is 2.88. The number of aliphatic hydroxyl groups is 1. The molecule has 0 atom stereocenters. The van der Waals surface area contributed by atoms with Crippen LogP contribution in [-0.4, -0.2) is 41.5 Å². The van der Waals surface area contributed by atoms with Crippen LogP contribution in [-0.2, 0) is 4.79 Å². The lowest BCUT2D eigenvalue weighted by molar-refractivity contribution is -0.111. The third-order valence-electron chi connectivity index (χ3n) is 3.74. The molecule has 0 aliphatic carbocycles. The molecule has 1 aromatic rings. The van der Waals surface area contributed by atoms with E-state index in [1.54, 1.807) is 24.3 Å². The van der Waals surface area contributed by atoms with E-state index in [0.29, 0.717) is 30.3 Å². The molecular weight excluding hydrogens is 268 g/mol. The fraction of sp³-hybridized carbons (Fsp3) is 0.375. The van der Waals surface area contributed by atoms with Gasteiger partial charge in [0.1, 0.15) is 0 Å². The van der Waals surface area contributed by atoms with Gasteiger partial charge >= 0.3 is 0 Å². The highest BCUT2D eigenvalue weighted by Gasteiger charge is 2.23. The van der Waals surface area contributed by atoms with Crippen molar-refractivity contribution in [3.05, 3.63) is 42.5 Å². The third-order valence-corrected chi connectivity index (χ3v) is 3.74. The number of carbonyl (C=O) groups is 2. The summed E-state index contributed by atoms with van der Waals surface area (Å²) < 4.78 is 0. The van der Waals surface area contributed by atoms with Crippen LogP contribution in [0.5, 0.6) is 0 Å². The maximum absolute atomic E-state index is 12.3. The van der Waals surface area contributed by atoms with Gasteiger partial charge in [-0.25, -0.2) is 0 Å². The predicted molar refractivity (Wildman–Crippen MR) is 81.0 cm³/mol. The molecule has 1 saturated heterocycles. The Labute approximate surface area is 124 Å². The molecule has 0 radical (unpaired) electrons. The van der Waals surface area contributed by atoms with Crippen LogP contribution >= 0.6 is 0 Å². The molecule has 0 spiro atoms. The molecule has 5 nitrogen and oxygen atoms in total. The quantitative estimate of drug-likeness (QED) is 0.828. The Bertz CT molecular complexity index is 517. The van der Waals surface area contributed by atoms with Gasteiger partial charge in [0, 0.05) is 30.9 Å². The number of likely N-dealkylation sites (tertiary alicyclic amines) is 1. The monoisotopic (exact) mass is 288 g/mol. The lowest BCUT2D eigenvalue weighted by Crippen LogP contribution is -2.39. The first kappa shape index (κ1) is 15.3. The van der Waals surface area contributed by atoms with E-state index in [1.165, 1.54) is 6.08 Å². The van der Waals surface area contributed by atoms with Crippen LogP contribution in [0.25, 0.3) is 0 Å². The van der Waals surface area contributed by atoms with Crippen molar-refractivity contribution in [1.29, 1.82) is 0 Å². The molecule has 21 heavy (non-hydrogen) atoms. The van der Waals surface area contributed by atoms with Crippen molar-refractivity contribution in [3.8, 4) is 0 Å². The van der Waals surface area contributed by atoms with Crippen LogP contribution in [0.15, 0.2) is 36.9 Å². The molecule has 2 amide bonds. The van der Waals surface area contributed by atoms with E-state index in [4.69, 9.17) is 5.11 Å². The van der Waals surface area contributed by atoms with E-state index >= 15 is 0 Å². The number of nitrogens with one attached hydrogen (secondary N) is 1. The van der Waals surface area contributed by atoms with Gasteiger partial charge in [-0.15, -0.1) is 0 Å². The molecule has 0 aromatic heterocycles. The number of carbonyl (C=O) groups excluding carboxylic acids is 2. The molecule has 5 heteroatoms. The van der Waals surface area contributed by atoms with E-state index < -0.39 is 0 Å². The van der Waals surface area contributed by atoms with Gasteiger partial charge in [-0.3, -0.25) is 9.59 Å². The standard InChI is InChI=1S/C16H20N2O3/c1-2-15(20)17-14-5-3-13(4-6-14)16(21)18-9-7-12(11-19)8-10-18/h2-6,12,19H,1,7-11H2,(H,17,20). The van der Waals surface area contributed by atoms with E-state index in [1.807, 2.05) is 4.90 Å². The van der Waals surface area contributed by atoms with Gasteiger partial charge < -0.3 is 15.3 Å². The van der Waals surface area contributed by atoms with Crippen LogP contribution in [0.4, 0.5) is 5.69 Å². The highest BCUT2D eigenvalue weighted by atomic mass is 16.3. The van der Waals surface area contributed by atoms with Crippen LogP contribution in [0.1, 0.15) is 23.2 Å². The second kappa shape index (κ2) is 7.04. The number of anilines is 1. The van der Waals surface area contributed by atoms with Crippen LogP contribution in [0.3, 0.4) is 0 Å². The van der Waals surface area contributed by atoms with Crippen molar-refractivity contribution < 1.29 is 14.7 Å². The van der Waals surface area contributed by atoms with Crippen molar-refractivity contribution >= 4 is 17.5 Å². The Hall–Kier alpha value is -2.14. The Morgan fingerprint density at radius 1 is 1.29 bits per heavy atom. The van der Waals surface area contributed by atoms with Crippen molar-refractivity contribution in [1.82, 2.24) is 4.90 Å². The highest BCUT2D eigenvalue weighted by molar-refractivity contribution is 5.99. The number of hydrogen-bond donors (Lipinski definition) is 2. The summed E-state index contributed by atoms with van der Waals surface area (Å²) in [5.74, 6) is 0.0266. The second-order valence-electron chi connectivity index (χ2n) is 5.19. The smallest absolute Gasteiger partial charge is 0.253 e. The summed E-state index contributed by atoms with van der Waals surface area (Å²) in [4.78, 5) is 25.3. The number of nitrogens with zero attached hydrogens (tertiary/aromatic N) is 1. The van der Waals surface area contributed by atoms with Crippen molar-refractivity contribution in [2.24, 2.45) is 5.92 Å². The van der Waals surface area contributed by atoms with E-state index in [9.17, 15) is 9.59 Å². The number of piperidine rings is 1. The zero-order chi connectivity index (χ0) is 15.2. The van der Waals surface area contributed by atoms with Crippen LogP contribution in [0, 0.1) is 5.92 Å². The molecule has 0 saturated carbocycles. The molecule has 1 aliphatic rings. The minimum Gasteiger partial charge on any atom is -0.396 e. The fourth-order valence-electron chi connectivity index (χ4n) is 2.39. The molecule has 1 fully saturated rings. The predicted octanol–water partition coefficient (Wildman–Crippen LogP) is 1.66. The molecule has 112 valence electrons. The summed E-state index contributed by atoms with van der Waals surface area (Å²) in [5.41, 5.74) is 1.24. The first-order chi connectivity index (χ1) is 10.1. The fourth-order valence-corrected chi connectivity index (χ4v) is 2.39. The van der Waals surface area contributed by atoms with Gasteiger partial charge in [-0.05, 0) is 49.1 Å². The average molecular weight is 288 g/mol. The Morgan fingerprint density at radius 3 is 2.43 bits per heavy atom.